The highest BCUT2D eigenvalue weighted by Crippen LogP contribution is 2.36. The molecule has 9 heteroatoms. The van der Waals surface area contributed by atoms with E-state index in [2.05, 4.69) is 36.4 Å². The topological polar surface area (TPSA) is 106 Å². The van der Waals surface area contributed by atoms with Crippen molar-refractivity contribution in [2.45, 2.75) is 26.9 Å². The highest BCUT2D eigenvalue weighted by atomic mass is 79.9. The lowest BCUT2D eigenvalue weighted by Gasteiger charge is -2.15. The number of aromatic amines is 1. The molecule has 1 aromatic heterocycles. The fourth-order valence-corrected chi connectivity index (χ4v) is 2.64. The number of aryl methyl sites for hydroxylation is 1. The molecule has 0 aliphatic carbocycles. The summed E-state index contributed by atoms with van der Waals surface area (Å²) >= 11 is 3.44. The fraction of sp³-hybridized carbons (Fsp3) is 0.294. The molecule has 0 saturated heterocycles. The van der Waals surface area contributed by atoms with Crippen molar-refractivity contribution in [1.29, 1.82) is 0 Å². The third-order valence-corrected chi connectivity index (χ3v) is 3.69. The SMILES string of the molecule is COc1cc(/C=N/NC(=O)c2cc(C)[nH]c(=O)n2)cc(Br)c1OC(C)C. The largest absolute Gasteiger partial charge is 0.493 e. The van der Waals surface area contributed by atoms with Crippen molar-refractivity contribution in [3.8, 4) is 11.5 Å². The van der Waals surface area contributed by atoms with Gasteiger partial charge in [0, 0.05) is 5.69 Å². The molecule has 26 heavy (non-hydrogen) atoms. The number of hydrogen-bond donors (Lipinski definition) is 2. The standard InChI is InChI=1S/C17H19BrN4O4/c1-9(2)26-15-12(18)6-11(7-14(15)25-4)8-19-22-16(23)13-5-10(3)20-17(24)21-13/h5-9H,1-4H3,(H,22,23)(H,20,21,24)/b19-8+. The Balaban J connectivity index is 2.16. The average Bonchev–Trinajstić information content (AvgIpc) is 2.55. The minimum absolute atomic E-state index is 0.0102. The number of aromatic nitrogens is 2. The monoisotopic (exact) mass is 422 g/mol. The fourth-order valence-electron chi connectivity index (χ4n) is 2.08. The highest BCUT2D eigenvalue weighted by molar-refractivity contribution is 9.10. The van der Waals surface area contributed by atoms with Crippen molar-refractivity contribution in [1.82, 2.24) is 15.4 Å². The van der Waals surface area contributed by atoms with Crippen molar-refractivity contribution in [3.05, 3.63) is 50.1 Å². The van der Waals surface area contributed by atoms with Gasteiger partial charge in [0.15, 0.2) is 11.5 Å². The van der Waals surface area contributed by atoms with E-state index in [4.69, 9.17) is 9.47 Å². The van der Waals surface area contributed by atoms with Crippen LogP contribution < -0.4 is 20.6 Å². The van der Waals surface area contributed by atoms with Gasteiger partial charge in [0.25, 0.3) is 5.91 Å². The van der Waals surface area contributed by atoms with Gasteiger partial charge in [-0.15, -0.1) is 0 Å². The van der Waals surface area contributed by atoms with E-state index in [1.54, 1.807) is 26.2 Å². The third-order valence-electron chi connectivity index (χ3n) is 3.10. The first-order valence-electron chi connectivity index (χ1n) is 7.75. The lowest BCUT2D eigenvalue weighted by molar-refractivity contribution is 0.0949. The minimum Gasteiger partial charge on any atom is -0.493 e. The number of hydrogen-bond acceptors (Lipinski definition) is 6. The summed E-state index contributed by atoms with van der Waals surface area (Å²) in [4.78, 5) is 29.4. The van der Waals surface area contributed by atoms with Crippen LogP contribution in [-0.4, -0.2) is 35.3 Å². The van der Waals surface area contributed by atoms with Gasteiger partial charge in [0.2, 0.25) is 0 Å². The number of H-pyrrole nitrogens is 1. The first kappa shape index (κ1) is 19.6. The zero-order chi connectivity index (χ0) is 19.3. The van der Waals surface area contributed by atoms with E-state index in [-0.39, 0.29) is 11.8 Å². The Kier molecular flexibility index (Phi) is 6.51. The number of amides is 1. The maximum atomic E-state index is 12.0. The summed E-state index contributed by atoms with van der Waals surface area (Å²) in [5, 5.41) is 3.89. The molecule has 1 aromatic carbocycles. The number of rotatable bonds is 6. The quantitative estimate of drug-likeness (QED) is 0.549. The van der Waals surface area contributed by atoms with Crippen LogP contribution in [0.4, 0.5) is 0 Å². The van der Waals surface area contributed by atoms with E-state index in [0.717, 1.165) is 0 Å². The molecule has 2 N–H and O–H groups in total. The molecule has 0 atom stereocenters. The molecule has 138 valence electrons. The molecule has 0 aliphatic rings. The number of benzene rings is 1. The number of carbonyl (C=O) groups is 1. The maximum absolute atomic E-state index is 12.0. The predicted octanol–water partition coefficient (Wildman–Crippen LogP) is 2.40. The third kappa shape index (κ3) is 5.16. The van der Waals surface area contributed by atoms with E-state index in [9.17, 15) is 9.59 Å². The molecule has 0 unspecified atom stereocenters. The van der Waals surface area contributed by atoms with E-state index in [0.29, 0.717) is 27.2 Å². The Morgan fingerprint density at radius 2 is 2.12 bits per heavy atom. The van der Waals surface area contributed by atoms with E-state index < -0.39 is 11.6 Å². The van der Waals surface area contributed by atoms with Gasteiger partial charge < -0.3 is 14.5 Å². The molecule has 0 bridgehead atoms. The normalized spacial score (nSPS) is 11.0. The van der Waals surface area contributed by atoms with Crippen LogP contribution in [-0.2, 0) is 0 Å². The number of halogens is 1. The summed E-state index contributed by atoms with van der Waals surface area (Å²) < 4.78 is 11.8. The number of methoxy groups -OCH3 is 1. The van der Waals surface area contributed by atoms with Gasteiger partial charge in [-0.05, 0) is 60.5 Å². The maximum Gasteiger partial charge on any atom is 0.345 e. The minimum atomic E-state index is -0.589. The Bertz CT molecular complexity index is 893. The molecule has 0 saturated carbocycles. The van der Waals surface area contributed by atoms with Crippen molar-refractivity contribution in [2.75, 3.05) is 7.11 Å². The number of nitrogens with zero attached hydrogens (tertiary/aromatic N) is 2. The summed E-state index contributed by atoms with van der Waals surface area (Å²) in [6, 6.07) is 4.98. The number of carbonyl (C=O) groups excluding carboxylic acids is 1. The van der Waals surface area contributed by atoms with Crippen LogP contribution in [0.25, 0.3) is 0 Å². The van der Waals surface area contributed by atoms with E-state index in [1.165, 1.54) is 12.3 Å². The summed E-state index contributed by atoms with van der Waals surface area (Å²) in [5.41, 5.74) is 2.95. The molecule has 2 rings (SSSR count). The van der Waals surface area contributed by atoms with Crippen LogP contribution in [0.15, 0.2) is 32.6 Å². The van der Waals surface area contributed by atoms with Gasteiger partial charge in [-0.3, -0.25) is 4.79 Å². The number of nitrogens with one attached hydrogen (secondary N) is 2. The van der Waals surface area contributed by atoms with Crippen LogP contribution >= 0.6 is 15.9 Å². The van der Waals surface area contributed by atoms with Crippen molar-refractivity contribution < 1.29 is 14.3 Å². The van der Waals surface area contributed by atoms with Gasteiger partial charge in [-0.1, -0.05) is 0 Å². The second-order valence-corrected chi connectivity index (χ2v) is 6.51. The van der Waals surface area contributed by atoms with Crippen LogP contribution in [0.3, 0.4) is 0 Å². The van der Waals surface area contributed by atoms with Crippen LogP contribution in [0.5, 0.6) is 11.5 Å². The second kappa shape index (κ2) is 8.61. The first-order valence-corrected chi connectivity index (χ1v) is 8.55. The Morgan fingerprint density at radius 1 is 1.38 bits per heavy atom. The molecule has 1 heterocycles. The summed E-state index contributed by atoms with van der Waals surface area (Å²) in [5.74, 6) is 0.542. The molecule has 2 aromatic rings. The van der Waals surface area contributed by atoms with Gasteiger partial charge >= 0.3 is 5.69 Å². The summed E-state index contributed by atoms with van der Waals surface area (Å²) in [6.07, 6.45) is 1.44. The van der Waals surface area contributed by atoms with Crippen molar-refractivity contribution in [3.63, 3.8) is 0 Å². The zero-order valence-corrected chi connectivity index (χ0v) is 16.4. The lowest BCUT2D eigenvalue weighted by atomic mass is 10.2. The highest BCUT2D eigenvalue weighted by Gasteiger charge is 2.13. The van der Waals surface area contributed by atoms with Crippen LogP contribution in [0.2, 0.25) is 0 Å². The molecule has 0 fully saturated rings. The van der Waals surface area contributed by atoms with Gasteiger partial charge in [-0.2, -0.15) is 10.1 Å². The molecule has 0 radical (unpaired) electrons. The molecular formula is C17H19BrN4O4. The Morgan fingerprint density at radius 3 is 2.73 bits per heavy atom. The van der Waals surface area contributed by atoms with Crippen LogP contribution in [0.1, 0.15) is 35.6 Å². The predicted molar refractivity (Wildman–Crippen MR) is 101 cm³/mol. The second-order valence-electron chi connectivity index (χ2n) is 5.65. The Hall–Kier alpha value is -2.68. The average molecular weight is 423 g/mol. The summed E-state index contributed by atoms with van der Waals surface area (Å²) in [7, 11) is 1.54. The van der Waals surface area contributed by atoms with Crippen molar-refractivity contribution >= 4 is 28.1 Å². The first-order chi connectivity index (χ1) is 12.3. The molecule has 0 spiro atoms. The number of hydrazone groups is 1. The van der Waals surface area contributed by atoms with Crippen LogP contribution in [0, 0.1) is 6.92 Å². The smallest absolute Gasteiger partial charge is 0.345 e. The van der Waals surface area contributed by atoms with Crippen molar-refractivity contribution in [2.24, 2.45) is 5.10 Å². The molecule has 0 aliphatic heterocycles. The molecule has 1 amide bonds. The lowest BCUT2D eigenvalue weighted by Crippen LogP contribution is -2.24. The Labute approximate surface area is 158 Å². The molecular weight excluding hydrogens is 404 g/mol. The van der Waals surface area contributed by atoms with E-state index in [1.807, 2.05) is 13.8 Å². The zero-order valence-electron chi connectivity index (χ0n) is 14.8. The van der Waals surface area contributed by atoms with E-state index >= 15 is 0 Å². The van der Waals surface area contributed by atoms with Gasteiger partial charge in [0.1, 0.15) is 5.69 Å². The summed E-state index contributed by atoms with van der Waals surface area (Å²) in [6.45, 7) is 5.50. The van der Waals surface area contributed by atoms with Gasteiger partial charge in [-0.25, -0.2) is 10.2 Å². The van der Waals surface area contributed by atoms with Gasteiger partial charge in [0.05, 0.1) is 23.9 Å². The number of ether oxygens (including phenoxy) is 2. The molecule has 8 nitrogen and oxygen atoms in total.